The second-order valence-electron chi connectivity index (χ2n) is 7.78. The maximum atomic E-state index is 13.1. The van der Waals surface area contributed by atoms with Crippen LogP contribution < -0.4 is 5.56 Å². The summed E-state index contributed by atoms with van der Waals surface area (Å²) in [5.74, 6) is -0.137. The Balaban J connectivity index is 2.00. The van der Waals surface area contributed by atoms with Gasteiger partial charge < -0.3 is 9.88 Å². The van der Waals surface area contributed by atoms with Crippen molar-refractivity contribution in [2.45, 2.75) is 39.8 Å². The number of halogens is 1. The van der Waals surface area contributed by atoms with Crippen molar-refractivity contribution in [1.29, 1.82) is 0 Å². The summed E-state index contributed by atoms with van der Waals surface area (Å²) in [7, 11) is 0. The zero-order chi connectivity index (χ0) is 19.8. The number of nitrogens with one attached hydrogen (secondary N) is 1. The molecule has 1 amide bonds. The molecule has 2 aromatic carbocycles. The van der Waals surface area contributed by atoms with Crippen LogP contribution in [-0.2, 0) is 6.54 Å². The molecule has 0 unspecified atom stereocenters. The van der Waals surface area contributed by atoms with E-state index in [1.165, 1.54) is 0 Å². The number of carbonyl (C=O) groups excluding carboxylic acids is 1. The van der Waals surface area contributed by atoms with E-state index >= 15 is 0 Å². The molecule has 1 N–H and O–H groups in total. The van der Waals surface area contributed by atoms with E-state index in [4.69, 9.17) is 11.6 Å². The minimum absolute atomic E-state index is 0.137. The predicted octanol–water partition coefficient (Wildman–Crippen LogP) is 4.93. The number of fused-ring (bicyclic) bond motifs is 1. The number of aromatic amines is 1. The SMILES string of the molecule is Cc1ccc2cc(CN(C(=O)c3ccc(Cl)cc3)C(C)(C)C)c(=O)[nH]c2c1. The van der Waals surface area contributed by atoms with E-state index in [0.29, 0.717) is 16.1 Å². The Morgan fingerprint density at radius 1 is 1.07 bits per heavy atom. The number of hydrogen-bond acceptors (Lipinski definition) is 2. The minimum Gasteiger partial charge on any atom is -0.329 e. The Morgan fingerprint density at radius 2 is 1.74 bits per heavy atom. The number of benzene rings is 2. The van der Waals surface area contributed by atoms with E-state index in [9.17, 15) is 9.59 Å². The second-order valence-corrected chi connectivity index (χ2v) is 8.22. The van der Waals surface area contributed by atoms with Crippen LogP contribution in [0.15, 0.2) is 53.3 Å². The highest BCUT2D eigenvalue weighted by Crippen LogP contribution is 2.22. The number of carbonyl (C=O) groups is 1. The number of amides is 1. The summed E-state index contributed by atoms with van der Waals surface area (Å²) in [4.78, 5) is 30.3. The van der Waals surface area contributed by atoms with E-state index in [0.717, 1.165) is 16.5 Å². The monoisotopic (exact) mass is 382 g/mol. The molecule has 3 aromatic rings. The summed E-state index contributed by atoms with van der Waals surface area (Å²) in [6.07, 6.45) is 0. The molecule has 0 bridgehead atoms. The molecule has 0 fully saturated rings. The molecule has 4 nitrogen and oxygen atoms in total. The third-order valence-corrected chi connectivity index (χ3v) is 4.80. The van der Waals surface area contributed by atoms with Crippen molar-refractivity contribution in [3.05, 3.63) is 80.6 Å². The smallest absolute Gasteiger partial charge is 0.254 e. The molecule has 1 aromatic heterocycles. The fraction of sp³-hybridized carbons (Fsp3) is 0.273. The fourth-order valence-electron chi connectivity index (χ4n) is 3.01. The molecule has 3 rings (SSSR count). The van der Waals surface area contributed by atoms with Crippen molar-refractivity contribution in [2.24, 2.45) is 0 Å². The van der Waals surface area contributed by atoms with Gasteiger partial charge in [0.25, 0.3) is 11.5 Å². The maximum absolute atomic E-state index is 13.1. The first kappa shape index (κ1) is 19.2. The predicted molar refractivity (Wildman–Crippen MR) is 110 cm³/mol. The van der Waals surface area contributed by atoms with Gasteiger partial charge in [-0.25, -0.2) is 0 Å². The highest BCUT2D eigenvalue weighted by molar-refractivity contribution is 6.30. The molecule has 0 saturated heterocycles. The third-order valence-electron chi connectivity index (χ3n) is 4.55. The van der Waals surface area contributed by atoms with Gasteiger partial charge in [-0.1, -0.05) is 23.7 Å². The van der Waals surface area contributed by atoms with Crippen LogP contribution in [0.4, 0.5) is 0 Å². The van der Waals surface area contributed by atoms with E-state index < -0.39 is 5.54 Å². The topological polar surface area (TPSA) is 53.2 Å². The first-order valence-corrected chi connectivity index (χ1v) is 9.23. The van der Waals surface area contributed by atoms with Gasteiger partial charge in [0.1, 0.15) is 0 Å². The molecule has 0 radical (unpaired) electrons. The summed E-state index contributed by atoms with van der Waals surface area (Å²) in [6.45, 7) is 8.08. The molecule has 0 aliphatic carbocycles. The average Bonchev–Trinajstić information content (AvgIpc) is 2.59. The summed E-state index contributed by atoms with van der Waals surface area (Å²) < 4.78 is 0. The molecule has 0 saturated carbocycles. The quantitative estimate of drug-likeness (QED) is 0.698. The lowest BCUT2D eigenvalue weighted by Gasteiger charge is -2.35. The largest absolute Gasteiger partial charge is 0.329 e. The van der Waals surface area contributed by atoms with Crippen LogP contribution in [0.2, 0.25) is 5.02 Å². The van der Waals surface area contributed by atoms with Gasteiger partial charge in [0.2, 0.25) is 0 Å². The van der Waals surface area contributed by atoms with Gasteiger partial charge in [-0.3, -0.25) is 9.59 Å². The van der Waals surface area contributed by atoms with E-state index in [2.05, 4.69) is 4.98 Å². The molecular weight excluding hydrogens is 360 g/mol. The molecule has 0 atom stereocenters. The summed E-state index contributed by atoms with van der Waals surface area (Å²) in [5, 5.41) is 1.53. The fourth-order valence-corrected chi connectivity index (χ4v) is 3.14. The lowest BCUT2D eigenvalue weighted by molar-refractivity contribution is 0.0558. The minimum atomic E-state index is -0.453. The van der Waals surface area contributed by atoms with Crippen LogP contribution in [0.1, 0.15) is 42.3 Å². The van der Waals surface area contributed by atoms with Crippen LogP contribution >= 0.6 is 11.6 Å². The number of pyridine rings is 1. The lowest BCUT2D eigenvalue weighted by atomic mass is 10.0. The number of hydrogen-bond donors (Lipinski definition) is 1. The van der Waals surface area contributed by atoms with Crippen molar-refractivity contribution >= 4 is 28.4 Å². The number of aromatic nitrogens is 1. The Hall–Kier alpha value is -2.59. The van der Waals surface area contributed by atoms with Gasteiger partial charge in [0, 0.05) is 27.2 Å². The van der Waals surface area contributed by atoms with Gasteiger partial charge in [0.15, 0.2) is 0 Å². The van der Waals surface area contributed by atoms with Crippen molar-refractivity contribution in [3.8, 4) is 0 Å². The highest BCUT2D eigenvalue weighted by Gasteiger charge is 2.28. The van der Waals surface area contributed by atoms with Gasteiger partial charge in [-0.15, -0.1) is 0 Å². The summed E-state index contributed by atoms with van der Waals surface area (Å²) in [6, 6.07) is 14.6. The highest BCUT2D eigenvalue weighted by atomic mass is 35.5. The second kappa shape index (κ2) is 7.20. The molecule has 1 heterocycles. The van der Waals surface area contributed by atoms with Gasteiger partial charge >= 0.3 is 0 Å². The van der Waals surface area contributed by atoms with Gasteiger partial charge in [-0.2, -0.15) is 0 Å². The number of nitrogens with zero attached hydrogens (tertiary/aromatic N) is 1. The standard InChI is InChI=1S/C22H23ClN2O2/c1-14-5-6-16-12-17(20(26)24-19(16)11-14)13-25(22(2,3)4)21(27)15-7-9-18(23)10-8-15/h5-12H,13H2,1-4H3,(H,24,26). The molecule has 0 aliphatic heterocycles. The van der Waals surface area contributed by atoms with Crippen LogP contribution in [-0.4, -0.2) is 21.3 Å². The first-order chi connectivity index (χ1) is 12.6. The first-order valence-electron chi connectivity index (χ1n) is 8.85. The average molecular weight is 383 g/mol. The molecule has 140 valence electrons. The number of rotatable bonds is 3. The molecule has 0 spiro atoms. The molecule has 5 heteroatoms. The Labute approximate surface area is 163 Å². The van der Waals surface area contributed by atoms with E-state index in [1.807, 2.05) is 52.0 Å². The Kier molecular flexibility index (Phi) is 5.11. The van der Waals surface area contributed by atoms with Gasteiger partial charge in [-0.05, 0) is 75.0 Å². The van der Waals surface area contributed by atoms with Crippen molar-refractivity contribution in [3.63, 3.8) is 0 Å². The lowest BCUT2D eigenvalue weighted by Crippen LogP contribution is -2.46. The van der Waals surface area contributed by atoms with Crippen LogP contribution in [0.3, 0.4) is 0 Å². The van der Waals surface area contributed by atoms with E-state index in [1.54, 1.807) is 29.2 Å². The zero-order valence-corrected chi connectivity index (χ0v) is 16.7. The molecular formula is C22H23ClN2O2. The Morgan fingerprint density at radius 3 is 2.37 bits per heavy atom. The third kappa shape index (κ3) is 4.22. The van der Waals surface area contributed by atoms with E-state index in [-0.39, 0.29) is 18.0 Å². The van der Waals surface area contributed by atoms with Crippen LogP contribution in [0.5, 0.6) is 0 Å². The van der Waals surface area contributed by atoms with Crippen molar-refractivity contribution < 1.29 is 4.79 Å². The number of aryl methyl sites for hydroxylation is 1. The Bertz CT molecular complexity index is 1050. The number of H-pyrrole nitrogens is 1. The van der Waals surface area contributed by atoms with Crippen molar-refractivity contribution in [1.82, 2.24) is 9.88 Å². The van der Waals surface area contributed by atoms with Crippen molar-refractivity contribution in [2.75, 3.05) is 0 Å². The normalized spacial score (nSPS) is 11.6. The summed E-state index contributed by atoms with van der Waals surface area (Å²) >= 11 is 5.93. The van der Waals surface area contributed by atoms with Gasteiger partial charge in [0.05, 0.1) is 6.54 Å². The maximum Gasteiger partial charge on any atom is 0.254 e. The molecule has 27 heavy (non-hydrogen) atoms. The zero-order valence-electron chi connectivity index (χ0n) is 16.0. The van der Waals surface area contributed by atoms with Crippen LogP contribution in [0.25, 0.3) is 10.9 Å². The molecule has 0 aliphatic rings. The van der Waals surface area contributed by atoms with Crippen LogP contribution in [0, 0.1) is 6.92 Å². The summed E-state index contributed by atoms with van der Waals surface area (Å²) in [5.41, 5.74) is 2.36.